The second-order valence-electron chi connectivity index (χ2n) is 7.81. The Bertz CT molecular complexity index is 952. The zero-order valence-electron chi connectivity index (χ0n) is 17.4. The van der Waals surface area contributed by atoms with Gasteiger partial charge in [0.15, 0.2) is 0 Å². The maximum absolute atomic E-state index is 6.10. The smallest absolute Gasteiger partial charge is 0.125 e. The Kier molecular flexibility index (Phi) is 6.14. The van der Waals surface area contributed by atoms with E-state index in [9.17, 15) is 0 Å². The van der Waals surface area contributed by atoms with E-state index in [2.05, 4.69) is 60.5 Å². The molecule has 0 bridgehead atoms. The number of rotatable bonds is 7. The van der Waals surface area contributed by atoms with Gasteiger partial charge in [-0.05, 0) is 84.7 Å². The van der Waals surface area contributed by atoms with E-state index >= 15 is 0 Å². The molecule has 1 aromatic heterocycles. The van der Waals surface area contributed by atoms with Gasteiger partial charge in [0.05, 0.1) is 6.61 Å². The maximum Gasteiger partial charge on any atom is 0.125 e. The number of nitrogens with one attached hydrogen (secondary N) is 1. The second kappa shape index (κ2) is 9.13. The molecule has 0 aliphatic heterocycles. The van der Waals surface area contributed by atoms with Crippen LogP contribution in [0.4, 0.5) is 5.82 Å². The summed E-state index contributed by atoms with van der Waals surface area (Å²) in [7, 11) is 0. The number of nitrogens with zero attached hydrogens (tertiary/aromatic N) is 1. The van der Waals surface area contributed by atoms with Crippen molar-refractivity contribution in [1.82, 2.24) is 4.98 Å². The van der Waals surface area contributed by atoms with Crippen LogP contribution in [0, 0.1) is 6.92 Å². The number of fused-ring (bicyclic) bond motifs is 2. The van der Waals surface area contributed by atoms with Crippen molar-refractivity contribution >= 4 is 5.82 Å². The molecule has 1 atom stereocenters. The average molecular weight is 387 g/mol. The fraction of sp³-hybridized carbons (Fsp3) is 0.346. The summed E-state index contributed by atoms with van der Waals surface area (Å²) in [6.45, 7) is 6.10. The Hall–Kier alpha value is -2.81. The predicted octanol–water partition coefficient (Wildman–Crippen LogP) is 5.91. The number of aryl methyl sites for hydroxylation is 3. The molecule has 1 N–H and O–H groups in total. The number of hydrogen-bond acceptors (Lipinski definition) is 3. The van der Waals surface area contributed by atoms with Crippen LogP contribution in [0.3, 0.4) is 0 Å². The third kappa shape index (κ3) is 4.45. The SMILES string of the molecule is CCC1c2cc(OCCCNc3ccccn3)ccc2CCc2cccc(C)c21. The molecule has 0 fully saturated rings. The predicted molar refractivity (Wildman–Crippen MR) is 120 cm³/mol. The number of pyridine rings is 1. The van der Waals surface area contributed by atoms with Crippen molar-refractivity contribution in [1.29, 1.82) is 0 Å². The van der Waals surface area contributed by atoms with Gasteiger partial charge >= 0.3 is 0 Å². The average Bonchev–Trinajstić information content (AvgIpc) is 2.91. The van der Waals surface area contributed by atoms with Gasteiger partial charge in [0.25, 0.3) is 0 Å². The summed E-state index contributed by atoms with van der Waals surface area (Å²) in [4.78, 5) is 4.28. The quantitative estimate of drug-likeness (QED) is 0.512. The normalized spacial score (nSPS) is 15.2. The van der Waals surface area contributed by atoms with Gasteiger partial charge in [-0.2, -0.15) is 0 Å². The van der Waals surface area contributed by atoms with Crippen molar-refractivity contribution in [3.63, 3.8) is 0 Å². The first-order valence-electron chi connectivity index (χ1n) is 10.7. The molecule has 3 heteroatoms. The molecular formula is C26H30N2O. The lowest BCUT2D eigenvalue weighted by molar-refractivity contribution is 0.314. The molecule has 1 unspecified atom stereocenters. The molecule has 150 valence electrons. The molecule has 29 heavy (non-hydrogen) atoms. The lowest BCUT2D eigenvalue weighted by Crippen LogP contribution is -2.09. The summed E-state index contributed by atoms with van der Waals surface area (Å²) in [5.41, 5.74) is 7.37. The molecule has 0 spiro atoms. The van der Waals surface area contributed by atoms with Crippen LogP contribution in [0.5, 0.6) is 5.75 Å². The van der Waals surface area contributed by atoms with Gasteiger partial charge in [-0.3, -0.25) is 0 Å². The van der Waals surface area contributed by atoms with E-state index in [0.29, 0.717) is 12.5 Å². The minimum Gasteiger partial charge on any atom is -0.494 e. The minimum absolute atomic E-state index is 0.457. The van der Waals surface area contributed by atoms with Crippen molar-refractivity contribution in [2.24, 2.45) is 0 Å². The highest BCUT2D eigenvalue weighted by atomic mass is 16.5. The molecule has 1 aliphatic carbocycles. The monoisotopic (exact) mass is 386 g/mol. The van der Waals surface area contributed by atoms with Crippen LogP contribution in [0.15, 0.2) is 60.8 Å². The fourth-order valence-electron chi connectivity index (χ4n) is 4.47. The second-order valence-corrected chi connectivity index (χ2v) is 7.81. The first-order valence-corrected chi connectivity index (χ1v) is 10.7. The molecular weight excluding hydrogens is 356 g/mol. The molecule has 0 amide bonds. The summed E-state index contributed by atoms with van der Waals surface area (Å²) in [6.07, 6.45) is 6.09. The summed E-state index contributed by atoms with van der Waals surface area (Å²) >= 11 is 0. The van der Waals surface area contributed by atoms with Crippen LogP contribution >= 0.6 is 0 Å². The summed E-state index contributed by atoms with van der Waals surface area (Å²) < 4.78 is 6.10. The van der Waals surface area contributed by atoms with Gasteiger partial charge in [-0.25, -0.2) is 4.98 Å². The lowest BCUT2D eigenvalue weighted by atomic mass is 9.84. The van der Waals surface area contributed by atoms with Gasteiger partial charge in [0.2, 0.25) is 0 Å². The molecule has 4 rings (SSSR count). The Labute approximate surface area is 174 Å². The molecule has 1 heterocycles. The van der Waals surface area contributed by atoms with Gasteiger partial charge in [-0.1, -0.05) is 37.3 Å². The highest BCUT2D eigenvalue weighted by Crippen LogP contribution is 2.39. The molecule has 3 nitrogen and oxygen atoms in total. The van der Waals surface area contributed by atoms with Crippen LogP contribution in [0.2, 0.25) is 0 Å². The zero-order valence-corrected chi connectivity index (χ0v) is 17.4. The van der Waals surface area contributed by atoms with Crippen LogP contribution in [0.25, 0.3) is 0 Å². The standard InChI is InChI=1S/C26H30N2O/c1-3-23-24-18-22(29-17-7-16-28-25-10-4-5-15-27-25)14-13-20(24)11-12-21-9-6-8-19(2)26(21)23/h4-6,8-10,13-15,18,23H,3,7,11-12,16-17H2,1-2H3,(H,27,28). The highest BCUT2D eigenvalue weighted by molar-refractivity contribution is 5.50. The fourth-order valence-corrected chi connectivity index (χ4v) is 4.47. The number of ether oxygens (including phenoxy) is 1. The molecule has 3 aromatic rings. The van der Waals surface area contributed by atoms with Gasteiger partial charge < -0.3 is 10.1 Å². The van der Waals surface area contributed by atoms with E-state index < -0.39 is 0 Å². The third-order valence-electron chi connectivity index (χ3n) is 5.89. The number of aromatic nitrogens is 1. The highest BCUT2D eigenvalue weighted by Gasteiger charge is 2.24. The molecule has 0 radical (unpaired) electrons. The van der Waals surface area contributed by atoms with Gasteiger partial charge in [0, 0.05) is 18.7 Å². The molecule has 1 aliphatic rings. The topological polar surface area (TPSA) is 34.1 Å². The molecule has 2 aromatic carbocycles. The maximum atomic E-state index is 6.10. The Morgan fingerprint density at radius 2 is 1.93 bits per heavy atom. The van der Waals surface area contributed by atoms with Crippen molar-refractivity contribution in [3.05, 3.63) is 88.6 Å². The summed E-state index contributed by atoms with van der Waals surface area (Å²) in [5, 5.41) is 3.33. The van der Waals surface area contributed by atoms with E-state index in [4.69, 9.17) is 4.74 Å². The molecule has 0 saturated carbocycles. The lowest BCUT2D eigenvalue weighted by Gasteiger charge is -2.21. The number of benzene rings is 2. The van der Waals surface area contributed by atoms with E-state index in [1.54, 1.807) is 6.20 Å². The van der Waals surface area contributed by atoms with E-state index in [1.165, 1.54) is 27.8 Å². The number of anilines is 1. The largest absolute Gasteiger partial charge is 0.494 e. The minimum atomic E-state index is 0.457. The first kappa shape index (κ1) is 19.5. The third-order valence-corrected chi connectivity index (χ3v) is 5.89. The Balaban J connectivity index is 1.43. The first-order chi connectivity index (χ1) is 14.3. The van der Waals surface area contributed by atoms with Crippen LogP contribution in [-0.4, -0.2) is 18.1 Å². The van der Waals surface area contributed by atoms with Crippen molar-refractivity contribution in [2.45, 2.75) is 45.4 Å². The van der Waals surface area contributed by atoms with Crippen LogP contribution < -0.4 is 10.1 Å². The summed E-state index contributed by atoms with van der Waals surface area (Å²) in [5.74, 6) is 2.35. The van der Waals surface area contributed by atoms with Crippen molar-refractivity contribution < 1.29 is 4.74 Å². The van der Waals surface area contributed by atoms with Crippen LogP contribution in [0.1, 0.15) is 53.5 Å². The van der Waals surface area contributed by atoms with Crippen molar-refractivity contribution in [2.75, 3.05) is 18.5 Å². The van der Waals surface area contributed by atoms with Gasteiger partial charge in [-0.15, -0.1) is 0 Å². The Morgan fingerprint density at radius 3 is 2.76 bits per heavy atom. The number of hydrogen-bond donors (Lipinski definition) is 1. The molecule has 0 saturated heterocycles. The van der Waals surface area contributed by atoms with Gasteiger partial charge in [0.1, 0.15) is 11.6 Å². The summed E-state index contributed by atoms with van der Waals surface area (Å²) in [6, 6.07) is 19.4. The Morgan fingerprint density at radius 1 is 1.03 bits per heavy atom. The van der Waals surface area contributed by atoms with Crippen LogP contribution in [-0.2, 0) is 12.8 Å². The van der Waals surface area contributed by atoms with E-state index in [1.807, 2.05) is 18.2 Å². The van der Waals surface area contributed by atoms with E-state index in [-0.39, 0.29) is 0 Å². The van der Waals surface area contributed by atoms with Crippen molar-refractivity contribution in [3.8, 4) is 5.75 Å². The van der Waals surface area contributed by atoms with E-state index in [0.717, 1.165) is 43.8 Å². The zero-order chi connectivity index (χ0) is 20.1.